The second-order valence-electron chi connectivity index (χ2n) is 4.14. The molecule has 1 saturated heterocycles. The highest BCUT2D eigenvalue weighted by Gasteiger charge is 2.31. The second kappa shape index (κ2) is 4.87. The number of aryl methyl sites for hydroxylation is 1. The van der Waals surface area contributed by atoms with Gasteiger partial charge in [-0.15, -0.1) is 11.3 Å². The summed E-state index contributed by atoms with van der Waals surface area (Å²) >= 11 is 1.65. The standard InChI is InChI=1S/C12H16N2O2S/c1-3-9-4-5-17-10(9)7-14-8(2)12(16)13-6-11(14)15/h4-5,8H,3,6-7H2,1-2H3,(H,13,16). The second-order valence-corrected chi connectivity index (χ2v) is 5.14. The van der Waals surface area contributed by atoms with E-state index < -0.39 is 0 Å². The zero-order valence-electron chi connectivity index (χ0n) is 10.0. The molecule has 1 aliphatic rings. The molecule has 2 rings (SSSR count). The molecule has 4 nitrogen and oxygen atoms in total. The van der Waals surface area contributed by atoms with Gasteiger partial charge in [-0.25, -0.2) is 0 Å². The van der Waals surface area contributed by atoms with Crippen molar-refractivity contribution in [2.24, 2.45) is 0 Å². The van der Waals surface area contributed by atoms with Crippen LogP contribution in [0.15, 0.2) is 11.4 Å². The first-order valence-corrected chi connectivity index (χ1v) is 6.64. The molecule has 5 heteroatoms. The van der Waals surface area contributed by atoms with Crippen molar-refractivity contribution in [1.82, 2.24) is 10.2 Å². The molecule has 2 amide bonds. The number of amides is 2. The topological polar surface area (TPSA) is 49.4 Å². The van der Waals surface area contributed by atoms with Gasteiger partial charge in [-0.2, -0.15) is 0 Å². The summed E-state index contributed by atoms with van der Waals surface area (Å²) in [5, 5.41) is 4.63. The van der Waals surface area contributed by atoms with Crippen molar-refractivity contribution < 1.29 is 9.59 Å². The first-order valence-electron chi connectivity index (χ1n) is 5.76. The molecule has 1 aliphatic heterocycles. The number of carbonyl (C=O) groups is 2. The van der Waals surface area contributed by atoms with Gasteiger partial charge in [-0.3, -0.25) is 9.59 Å². The van der Waals surface area contributed by atoms with Gasteiger partial charge in [0, 0.05) is 4.88 Å². The van der Waals surface area contributed by atoms with E-state index >= 15 is 0 Å². The minimum absolute atomic E-state index is 0.00690. The van der Waals surface area contributed by atoms with Crippen LogP contribution in [0.3, 0.4) is 0 Å². The molecule has 0 radical (unpaired) electrons. The predicted octanol–water partition coefficient (Wildman–Crippen LogP) is 1.16. The number of rotatable bonds is 3. The molecule has 1 fully saturated rings. The highest BCUT2D eigenvalue weighted by molar-refractivity contribution is 7.10. The average Bonchev–Trinajstić information content (AvgIpc) is 2.77. The molecule has 1 atom stereocenters. The summed E-state index contributed by atoms with van der Waals surface area (Å²) < 4.78 is 0. The van der Waals surface area contributed by atoms with E-state index in [-0.39, 0.29) is 24.4 Å². The van der Waals surface area contributed by atoms with E-state index in [0.717, 1.165) is 6.42 Å². The summed E-state index contributed by atoms with van der Waals surface area (Å²) in [7, 11) is 0. The fourth-order valence-corrected chi connectivity index (χ4v) is 2.94. The van der Waals surface area contributed by atoms with Crippen LogP contribution in [0, 0.1) is 0 Å². The molecule has 0 spiro atoms. The van der Waals surface area contributed by atoms with Crippen LogP contribution in [0.1, 0.15) is 24.3 Å². The molecular formula is C12H16N2O2S. The maximum Gasteiger partial charge on any atom is 0.242 e. The lowest BCUT2D eigenvalue weighted by Gasteiger charge is -2.32. The lowest BCUT2D eigenvalue weighted by atomic mass is 10.1. The quantitative estimate of drug-likeness (QED) is 0.877. The Balaban J connectivity index is 2.16. The van der Waals surface area contributed by atoms with Crippen LogP contribution in [0.25, 0.3) is 0 Å². The van der Waals surface area contributed by atoms with Crippen molar-refractivity contribution in [3.8, 4) is 0 Å². The van der Waals surface area contributed by atoms with Crippen LogP contribution < -0.4 is 5.32 Å². The molecule has 92 valence electrons. The number of nitrogens with zero attached hydrogens (tertiary/aromatic N) is 1. The van der Waals surface area contributed by atoms with Crippen LogP contribution in [0.5, 0.6) is 0 Å². The molecule has 0 aliphatic carbocycles. The van der Waals surface area contributed by atoms with Gasteiger partial charge in [-0.1, -0.05) is 6.92 Å². The molecule has 2 heterocycles. The number of hydrogen-bond acceptors (Lipinski definition) is 3. The van der Waals surface area contributed by atoms with Crippen LogP contribution in [-0.4, -0.2) is 29.3 Å². The van der Waals surface area contributed by atoms with E-state index in [4.69, 9.17) is 0 Å². The Labute approximate surface area is 105 Å². The van der Waals surface area contributed by atoms with Crippen molar-refractivity contribution >= 4 is 23.2 Å². The largest absolute Gasteiger partial charge is 0.345 e. The Hall–Kier alpha value is -1.36. The number of piperazine rings is 1. The van der Waals surface area contributed by atoms with Gasteiger partial charge >= 0.3 is 0 Å². The van der Waals surface area contributed by atoms with E-state index in [2.05, 4.69) is 18.3 Å². The Bertz CT molecular complexity index is 441. The molecule has 1 unspecified atom stereocenters. The molecule has 1 aromatic heterocycles. The van der Waals surface area contributed by atoms with E-state index in [0.29, 0.717) is 6.54 Å². The van der Waals surface area contributed by atoms with Gasteiger partial charge < -0.3 is 10.2 Å². The fourth-order valence-electron chi connectivity index (χ4n) is 1.97. The van der Waals surface area contributed by atoms with E-state index in [9.17, 15) is 9.59 Å². The zero-order chi connectivity index (χ0) is 12.4. The average molecular weight is 252 g/mol. The summed E-state index contributed by atoms with van der Waals surface area (Å²) in [6, 6.07) is 1.71. The van der Waals surface area contributed by atoms with Gasteiger partial charge in [0.25, 0.3) is 0 Å². The number of thiophene rings is 1. The minimum Gasteiger partial charge on any atom is -0.345 e. The third-order valence-corrected chi connectivity index (χ3v) is 4.06. The van der Waals surface area contributed by atoms with E-state index in [1.54, 1.807) is 23.2 Å². The van der Waals surface area contributed by atoms with E-state index in [1.807, 2.05) is 5.38 Å². The van der Waals surface area contributed by atoms with Crippen LogP contribution in [-0.2, 0) is 22.6 Å². The lowest BCUT2D eigenvalue weighted by Crippen LogP contribution is -2.56. The Morgan fingerprint density at radius 3 is 3.00 bits per heavy atom. The predicted molar refractivity (Wildman–Crippen MR) is 66.7 cm³/mol. The summed E-state index contributed by atoms with van der Waals surface area (Å²) in [4.78, 5) is 26.2. The van der Waals surface area contributed by atoms with Crippen molar-refractivity contribution in [3.63, 3.8) is 0 Å². The van der Waals surface area contributed by atoms with Gasteiger partial charge in [-0.05, 0) is 30.4 Å². The summed E-state index contributed by atoms with van der Waals surface area (Å²) in [5.41, 5.74) is 1.26. The smallest absolute Gasteiger partial charge is 0.242 e. The first kappa shape index (κ1) is 12.1. The Kier molecular flexibility index (Phi) is 3.47. The number of carbonyl (C=O) groups excluding carboxylic acids is 2. The molecule has 0 bridgehead atoms. The van der Waals surface area contributed by atoms with Crippen LogP contribution in [0.4, 0.5) is 0 Å². The Morgan fingerprint density at radius 1 is 1.53 bits per heavy atom. The monoisotopic (exact) mass is 252 g/mol. The highest BCUT2D eigenvalue weighted by Crippen LogP contribution is 2.21. The van der Waals surface area contributed by atoms with Crippen LogP contribution >= 0.6 is 11.3 Å². The van der Waals surface area contributed by atoms with E-state index in [1.165, 1.54) is 10.4 Å². The Morgan fingerprint density at radius 2 is 2.29 bits per heavy atom. The van der Waals surface area contributed by atoms with Crippen molar-refractivity contribution in [3.05, 3.63) is 21.9 Å². The van der Waals surface area contributed by atoms with Crippen molar-refractivity contribution in [2.45, 2.75) is 32.9 Å². The van der Waals surface area contributed by atoms with Crippen molar-refractivity contribution in [2.75, 3.05) is 6.54 Å². The molecule has 17 heavy (non-hydrogen) atoms. The first-order chi connectivity index (χ1) is 8.13. The van der Waals surface area contributed by atoms with Gasteiger partial charge in [0.2, 0.25) is 11.8 Å². The summed E-state index contributed by atoms with van der Waals surface area (Å²) in [5.74, 6) is -0.0771. The normalized spacial score (nSPS) is 20.6. The lowest BCUT2D eigenvalue weighted by molar-refractivity contribution is -0.145. The highest BCUT2D eigenvalue weighted by atomic mass is 32.1. The third kappa shape index (κ3) is 2.34. The van der Waals surface area contributed by atoms with Gasteiger partial charge in [0.05, 0.1) is 13.1 Å². The maximum atomic E-state index is 11.8. The minimum atomic E-state index is -0.372. The molecule has 0 aromatic carbocycles. The molecule has 0 saturated carbocycles. The molecule has 1 N–H and O–H groups in total. The summed E-state index contributed by atoms with van der Waals surface area (Å²) in [6.07, 6.45) is 0.960. The fraction of sp³-hybridized carbons (Fsp3) is 0.500. The SMILES string of the molecule is CCc1ccsc1CN1C(=O)CNC(=O)C1C. The van der Waals surface area contributed by atoms with Gasteiger partial charge in [0.1, 0.15) is 6.04 Å². The number of hydrogen-bond donors (Lipinski definition) is 1. The molecule has 1 aromatic rings. The molecular weight excluding hydrogens is 236 g/mol. The van der Waals surface area contributed by atoms with Crippen molar-refractivity contribution in [1.29, 1.82) is 0 Å². The van der Waals surface area contributed by atoms with Crippen LogP contribution in [0.2, 0.25) is 0 Å². The third-order valence-electron chi connectivity index (χ3n) is 3.11. The summed E-state index contributed by atoms with van der Waals surface area (Å²) in [6.45, 7) is 4.54. The zero-order valence-corrected chi connectivity index (χ0v) is 10.8. The van der Waals surface area contributed by atoms with Gasteiger partial charge in [0.15, 0.2) is 0 Å². The number of nitrogens with one attached hydrogen (secondary N) is 1. The maximum absolute atomic E-state index is 11.8.